The molecule has 2 heterocycles. The number of nitrogens with zero attached hydrogens (tertiary/aromatic N) is 3. The van der Waals surface area contributed by atoms with Crippen molar-refractivity contribution in [3.05, 3.63) is 71.7 Å². The molecule has 0 atom stereocenters. The van der Waals surface area contributed by atoms with Gasteiger partial charge >= 0.3 is 6.18 Å². The Morgan fingerprint density at radius 1 is 1.06 bits per heavy atom. The second kappa shape index (κ2) is 10.5. The van der Waals surface area contributed by atoms with Crippen LogP contribution in [0.2, 0.25) is 0 Å². The van der Waals surface area contributed by atoms with Gasteiger partial charge in [-0.15, -0.1) is 0 Å². The summed E-state index contributed by atoms with van der Waals surface area (Å²) in [5.74, 6) is 5.34. The van der Waals surface area contributed by atoms with Gasteiger partial charge < -0.3 is 16.4 Å². The predicted octanol–water partition coefficient (Wildman–Crippen LogP) is 3.31. The first kappa shape index (κ1) is 23.1. The molecule has 0 fully saturated rings. The topological polar surface area (TPSA) is 106 Å². The highest BCUT2D eigenvalue weighted by Crippen LogP contribution is 2.31. The van der Waals surface area contributed by atoms with E-state index in [2.05, 4.69) is 37.4 Å². The zero-order valence-electron chi connectivity index (χ0n) is 16.0. The number of aromatic nitrogens is 3. The Morgan fingerprint density at radius 2 is 1.84 bits per heavy atom. The summed E-state index contributed by atoms with van der Waals surface area (Å²) in [6, 6.07) is 3.93. The largest absolute Gasteiger partial charge is 0.416 e. The molecule has 4 N–H and O–H groups in total. The van der Waals surface area contributed by atoms with Crippen molar-refractivity contribution < 1.29 is 22.4 Å². The van der Waals surface area contributed by atoms with Crippen LogP contribution in [0.1, 0.15) is 16.8 Å². The number of carbonyl (C=O) groups is 1. The number of hydrogen-bond donors (Lipinski definition) is 3. The van der Waals surface area contributed by atoms with Crippen LogP contribution in [0, 0.1) is 17.7 Å². The fraction of sp³-hybridized carbons (Fsp3) is 0.100. The standard InChI is InChI=1S/C12H9N5O.C8H7F4N/c13-12-7-15-10(6-16-12)2-1-9-3-11(17-8-18)5-14-4-9;1-13-7-4-5(8(10,11)12)2-3-6(7)9/h3-8H,(H2,13,16)(H,17,18);2-4,13H,1H3. The molecule has 160 valence electrons. The fourth-order valence-corrected chi connectivity index (χ4v) is 2.09. The first-order chi connectivity index (χ1) is 14.7. The highest BCUT2D eigenvalue weighted by atomic mass is 19.4. The second-order valence-electron chi connectivity index (χ2n) is 5.74. The van der Waals surface area contributed by atoms with Gasteiger partial charge in [0.1, 0.15) is 17.3 Å². The molecule has 31 heavy (non-hydrogen) atoms. The number of rotatable bonds is 3. The van der Waals surface area contributed by atoms with Gasteiger partial charge in [0.2, 0.25) is 6.41 Å². The van der Waals surface area contributed by atoms with E-state index in [-0.39, 0.29) is 5.69 Å². The summed E-state index contributed by atoms with van der Waals surface area (Å²) in [6.07, 6.45) is 2.20. The number of pyridine rings is 1. The summed E-state index contributed by atoms with van der Waals surface area (Å²) in [7, 11) is 1.36. The maximum absolute atomic E-state index is 12.7. The van der Waals surface area contributed by atoms with Crippen LogP contribution in [0.4, 0.5) is 34.8 Å². The molecule has 0 saturated heterocycles. The smallest absolute Gasteiger partial charge is 0.386 e. The molecule has 0 aliphatic carbocycles. The third kappa shape index (κ3) is 7.28. The summed E-state index contributed by atoms with van der Waals surface area (Å²) in [6.45, 7) is 0. The molecular formula is C20H16F4N6O. The van der Waals surface area contributed by atoms with E-state index in [4.69, 9.17) is 5.73 Å². The van der Waals surface area contributed by atoms with Gasteiger partial charge in [0.15, 0.2) is 0 Å². The summed E-state index contributed by atoms with van der Waals surface area (Å²) in [4.78, 5) is 22.1. The molecule has 0 bridgehead atoms. The lowest BCUT2D eigenvalue weighted by Gasteiger charge is -2.08. The van der Waals surface area contributed by atoms with Crippen molar-refractivity contribution in [3.63, 3.8) is 0 Å². The van der Waals surface area contributed by atoms with Gasteiger partial charge in [-0.05, 0) is 30.2 Å². The maximum atomic E-state index is 12.7. The maximum Gasteiger partial charge on any atom is 0.416 e. The quantitative estimate of drug-likeness (QED) is 0.333. The number of hydrogen-bond acceptors (Lipinski definition) is 6. The summed E-state index contributed by atoms with van der Waals surface area (Å²) in [5.41, 5.74) is 6.16. The minimum Gasteiger partial charge on any atom is -0.386 e. The van der Waals surface area contributed by atoms with Crippen molar-refractivity contribution in [1.29, 1.82) is 0 Å². The zero-order valence-corrected chi connectivity index (χ0v) is 16.0. The van der Waals surface area contributed by atoms with Gasteiger partial charge in [0.25, 0.3) is 0 Å². The minimum absolute atomic E-state index is 0.158. The second-order valence-corrected chi connectivity index (χ2v) is 5.74. The Bertz CT molecular complexity index is 1090. The van der Waals surface area contributed by atoms with Crippen LogP contribution in [0.25, 0.3) is 0 Å². The monoisotopic (exact) mass is 432 g/mol. The number of carbonyl (C=O) groups excluding carboxylic acids is 1. The third-order valence-corrected chi connectivity index (χ3v) is 3.53. The van der Waals surface area contributed by atoms with Gasteiger partial charge in [0.05, 0.1) is 35.5 Å². The van der Waals surface area contributed by atoms with E-state index in [0.29, 0.717) is 35.2 Å². The molecule has 2 aromatic heterocycles. The van der Waals surface area contributed by atoms with Crippen LogP contribution in [-0.4, -0.2) is 28.4 Å². The molecule has 0 aliphatic rings. The molecule has 0 radical (unpaired) electrons. The van der Waals surface area contributed by atoms with Gasteiger partial charge in [-0.3, -0.25) is 9.78 Å². The van der Waals surface area contributed by atoms with E-state index in [1.54, 1.807) is 12.3 Å². The van der Waals surface area contributed by atoms with Crippen molar-refractivity contribution in [1.82, 2.24) is 15.0 Å². The van der Waals surface area contributed by atoms with E-state index >= 15 is 0 Å². The van der Waals surface area contributed by atoms with Crippen molar-refractivity contribution in [2.75, 3.05) is 23.4 Å². The van der Waals surface area contributed by atoms with Crippen molar-refractivity contribution >= 4 is 23.6 Å². The lowest BCUT2D eigenvalue weighted by molar-refractivity contribution is -0.137. The highest BCUT2D eigenvalue weighted by molar-refractivity contribution is 5.71. The normalized spacial score (nSPS) is 10.1. The molecule has 1 amide bonds. The first-order valence-corrected chi connectivity index (χ1v) is 8.52. The predicted molar refractivity (Wildman–Crippen MR) is 107 cm³/mol. The number of benzene rings is 1. The van der Waals surface area contributed by atoms with Gasteiger partial charge in [-0.1, -0.05) is 5.92 Å². The number of halogens is 4. The molecule has 3 rings (SSSR count). The Labute approximate surface area is 174 Å². The number of anilines is 3. The summed E-state index contributed by atoms with van der Waals surface area (Å²) < 4.78 is 49.0. The number of nitrogens with two attached hydrogens (primary N) is 1. The number of alkyl halides is 3. The van der Waals surface area contributed by atoms with Crippen LogP contribution in [0.5, 0.6) is 0 Å². The molecule has 7 nitrogen and oxygen atoms in total. The Hall–Kier alpha value is -4.20. The van der Waals surface area contributed by atoms with Crippen LogP contribution >= 0.6 is 0 Å². The SMILES string of the molecule is CNc1cc(C(F)(F)F)ccc1F.Nc1cnc(C#Cc2cncc(NC=O)c2)cn1. The lowest BCUT2D eigenvalue weighted by Crippen LogP contribution is -2.06. The number of amides is 1. The lowest BCUT2D eigenvalue weighted by atomic mass is 10.2. The van der Waals surface area contributed by atoms with E-state index in [1.807, 2.05) is 0 Å². The van der Waals surface area contributed by atoms with Crippen LogP contribution < -0.4 is 16.4 Å². The molecular weight excluding hydrogens is 416 g/mol. The fourth-order valence-electron chi connectivity index (χ4n) is 2.09. The van der Waals surface area contributed by atoms with Crippen LogP contribution in [-0.2, 0) is 11.0 Å². The third-order valence-electron chi connectivity index (χ3n) is 3.53. The first-order valence-electron chi connectivity index (χ1n) is 8.52. The van der Waals surface area contributed by atoms with E-state index in [0.717, 1.165) is 12.1 Å². The number of nitrogen functional groups attached to an aromatic ring is 1. The molecule has 0 spiro atoms. The van der Waals surface area contributed by atoms with Crippen LogP contribution in [0.3, 0.4) is 0 Å². The van der Waals surface area contributed by atoms with E-state index in [9.17, 15) is 22.4 Å². The average molecular weight is 432 g/mol. The van der Waals surface area contributed by atoms with Crippen molar-refractivity contribution in [2.24, 2.45) is 0 Å². The average Bonchev–Trinajstić information content (AvgIpc) is 2.74. The zero-order chi connectivity index (χ0) is 22.9. The molecule has 0 saturated carbocycles. The Balaban J connectivity index is 0.000000233. The van der Waals surface area contributed by atoms with Crippen molar-refractivity contribution in [2.45, 2.75) is 6.18 Å². The number of nitrogens with one attached hydrogen (secondary N) is 2. The molecule has 11 heteroatoms. The Kier molecular flexibility index (Phi) is 7.85. The van der Waals surface area contributed by atoms with Crippen molar-refractivity contribution in [3.8, 4) is 11.8 Å². The van der Waals surface area contributed by atoms with Gasteiger partial charge in [-0.2, -0.15) is 13.2 Å². The van der Waals surface area contributed by atoms with Crippen LogP contribution in [0.15, 0.2) is 49.1 Å². The summed E-state index contributed by atoms with van der Waals surface area (Å²) in [5, 5.41) is 4.83. The molecule has 0 unspecified atom stereocenters. The highest BCUT2D eigenvalue weighted by Gasteiger charge is 2.30. The Morgan fingerprint density at radius 3 is 2.45 bits per heavy atom. The van der Waals surface area contributed by atoms with Gasteiger partial charge in [-0.25, -0.2) is 14.4 Å². The summed E-state index contributed by atoms with van der Waals surface area (Å²) >= 11 is 0. The molecule has 0 aliphatic heterocycles. The van der Waals surface area contributed by atoms with E-state index < -0.39 is 17.6 Å². The molecule has 1 aromatic carbocycles. The van der Waals surface area contributed by atoms with E-state index in [1.165, 1.54) is 25.6 Å². The molecule has 3 aromatic rings. The minimum atomic E-state index is -4.43. The van der Waals surface area contributed by atoms with Gasteiger partial charge in [0, 0.05) is 18.8 Å².